The van der Waals surface area contributed by atoms with Crippen molar-refractivity contribution in [2.45, 2.75) is 31.3 Å². The highest BCUT2D eigenvalue weighted by Crippen LogP contribution is 2.40. The number of hydrogen-bond donors (Lipinski definition) is 1. The van der Waals surface area contributed by atoms with Crippen molar-refractivity contribution >= 4 is 17.3 Å². The fourth-order valence-corrected chi connectivity index (χ4v) is 4.45. The van der Waals surface area contributed by atoms with Gasteiger partial charge in [-0.05, 0) is 48.5 Å². The van der Waals surface area contributed by atoms with Gasteiger partial charge in [0.2, 0.25) is 6.79 Å². The van der Waals surface area contributed by atoms with Crippen LogP contribution in [-0.4, -0.2) is 35.4 Å². The zero-order valence-electron chi connectivity index (χ0n) is 13.2. The van der Waals surface area contributed by atoms with Crippen molar-refractivity contribution < 1.29 is 19.4 Å². The monoisotopic (exact) mass is 345 g/mol. The number of fused-ring (bicyclic) bond motifs is 1. The summed E-state index contributed by atoms with van der Waals surface area (Å²) in [6, 6.07) is 9.49. The number of rotatable bonds is 4. The van der Waals surface area contributed by atoms with Crippen LogP contribution in [0.3, 0.4) is 0 Å². The standard InChI is InChI=1S/C18H19NO4S/c20-18(21)13-4-1-2-8-19(13)17(16-5-3-9-24-16)12-6-7-14-15(10-12)23-11-22-14/h3,5-7,9-10,13,17H,1-2,4,8,11H2,(H,20,21). The minimum atomic E-state index is -0.739. The van der Waals surface area contributed by atoms with Gasteiger partial charge < -0.3 is 14.6 Å². The van der Waals surface area contributed by atoms with E-state index in [1.165, 1.54) is 0 Å². The molecule has 0 saturated carbocycles. The SMILES string of the molecule is O=C(O)C1CCCCN1C(c1ccc2c(c1)OCO2)c1cccs1. The maximum absolute atomic E-state index is 11.8. The number of piperidine rings is 1. The van der Waals surface area contributed by atoms with Crippen LogP contribution in [0.25, 0.3) is 0 Å². The van der Waals surface area contributed by atoms with Crippen LogP contribution in [0.1, 0.15) is 35.7 Å². The normalized spacial score (nSPS) is 21.6. The van der Waals surface area contributed by atoms with Crippen molar-refractivity contribution in [3.05, 3.63) is 46.2 Å². The number of thiophene rings is 1. The summed E-state index contributed by atoms with van der Waals surface area (Å²) in [7, 11) is 0. The van der Waals surface area contributed by atoms with E-state index in [1.54, 1.807) is 11.3 Å². The molecule has 0 spiro atoms. The van der Waals surface area contributed by atoms with Gasteiger partial charge in [-0.15, -0.1) is 11.3 Å². The number of carbonyl (C=O) groups is 1. The molecule has 5 nitrogen and oxygen atoms in total. The Hall–Kier alpha value is -2.05. The molecule has 2 aromatic rings. The van der Waals surface area contributed by atoms with E-state index in [0.29, 0.717) is 6.42 Å². The molecule has 1 aromatic heterocycles. The lowest BCUT2D eigenvalue weighted by atomic mass is 9.95. The van der Waals surface area contributed by atoms with Gasteiger partial charge >= 0.3 is 5.97 Å². The minimum absolute atomic E-state index is 0.0686. The predicted molar refractivity (Wildman–Crippen MR) is 90.7 cm³/mol. The van der Waals surface area contributed by atoms with Gasteiger partial charge in [-0.1, -0.05) is 18.6 Å². The Morgan fingerprint density at radius 2 is 2.12 bits per heavy atom. The van der Waals surface area contributed by atoms with Gasteiger partial charge in [-0.3, -0.25) is 9.69 Å². The molecule has 126 valence electrons. The molecule has 3 heterocycles. The van der Waals surface area contributed by atoms with Crippen molar-refractivity contribution in [3.63, 3.8) is 0 Å². The van der Waals surface area contributed by atoms with Crippen LogP contribution in [0.15, 0.2) is 35.7 Å². The van der Waals surface area contributed by atoms with Crippen LogP contribution in [0.2, 0.25) is 0 Å². The third-order valence-electron chi connectivity index (χ3n) is 4.69. The molecule has 0 radical (unpaired) electrons. The van der Waals surface area contributed by atoms with Crippen LogP contribution in [0, 0.1) is 0 Å². The number of benzene rings is 1. The molecule has 1 fully saturated rings. The number of carboxylic acids is 1. The second-order valence-electron chi connectivity index (χ2n) is 6.12. The van der Waals surface area contributed by atoms with Crippen molar-refractivity contribution in [2.24, 2.45) is 0 Å². The van der Waals surface area contributed by atoms with E-state index in [-0.39, 0.29) is 12.8 Å². The predicted octanol–water partition coefficient (Wildman–Crippen LogP) is 3.51. The van der Waals surface area contributed by atoms with Gasteiger partial charge in [0.05, 0.1) is 6.04 Å². The number of nitrogens with zero attached hydrogens (tertiary/aromatic N) is 1. The van der Waals surface area contributed by atoms with Gasteiger partial charge in [0.15, 0.2) is 11.5 Å². The Bertz CT molecular complexity index is 731. The molecule has 2 aliphatic rings. The summed E-state index contributed by atoms with van der Waals surface area (Å²) in [5, 5.41) is 11.7. The summed E-state index contributed by atoms with van der Waals surface area (Å²) in [5.41, 5.74) is 1.05. The summed E-state index contributed by atoms with van der Waals surface area (Å²) in [6.45, 7) is 1.03. The Morgan fingerprint density at radius 3 is 2.92 bits per heavy atom. The van der Waals surface area contributed by atoms with Gasteiger partial charge in [-0.25, -0.2) is 0 Å². The highest BCUT2D eigenvalue weighted by Gasteiger charge is 2.36. The van der Waals surface area contributed by atoms with Gasteiger partial charge in [0.25, 0.3) is 0 Å². The van der Waals surface area contributed by atoms with E-state index in [2.05, 4.69) is 11.0 Å². The molecule has 0 bridgehead atoms. The molecule has 6 heteroatoms. The zero-order chi connectivity index (χ0) is 16.5. The van der Waals surface area contributed by atoms with E-state index in [9.17, 15) is 9.90 Å². The van der Waals surface area contributed by atoms with Crippen LogP contribution >= 0.6 is 11.3 Å². The van der Waals surface area contributed by atoms with Crippen molar-refractivity contribution in [1.29, 1.82) is 0 Å². The van der Waals surface area contributed by atoms with E-state index in [4.69, 9.17) is 9.47 Å². The van der Waals surface area contributed by atoms with Crippen LogP contribution in [-0.2, 0) is 4.79 Å². The second-order valence-corrected chi connectivity index (χ2v) is 7.10. The Kier molecular flexibility index (Phi) is 4.16. The first-order chi connectivity index (χ1) is 11.7. The molecule has 24 heavy (non-hydrogen) atoms. The Morgan fingerprint density at radius 1 is 1.25 bits per heavy atom. The number of carboxylic acid groups (broad SMARTS) is 1. The first-order valence-corrected chi connectivity index (χ1v) is 9.03. The van der Waals surface area contributed by atoms with Gasteiger partial charge in [-0.2, -0.15) is 0 Å². The largest absolute Gasteiger partial charge is 0.480 e. The van der Waals surface area contributed by atoms with E-state index >= 15 is 0 Å². The fraction of sp³-hybridized carbons (Fsp3) is 0.389. The van der Waals surface area contributed by atoms with Crippen LogP contribution in [0.5, 0.6) is 11.5 Å². The van der Waals surface area contributed by atoms with Crippen molar-refractivity contribution in [2.75, 3.05) is 13.3 Å². The number of aliphatic carboxylic acids is 1. The summed E-state index contributed by atoms with van der Waals surface area (Å²) in [5.74, 6) is 0.743. The number of likely N-dealkylation sites (tertiary alicyclic amines) is 1. The quantitative estimate of drug-likeness (QED) is 0.919. The van der Waals surface area contributed by atoms with Gasteiger partial charge in [0.1, 0.15) is 6.04 Å². The lowest BCUT2D eigenvalue weighted by Crippen LogP contribution is -2.46. The first kappa shape index (κ1) is 15.5. The van der Waals surface area contributed by atoms with Crippen LogP contribution < -0.4 is 9.47 Å². The molecule has 2 atom stereocenters. The summed E-state index contributed by atoms with van der Waals surface area (Å²) in [4.78, 5) is 15.0. The molecule has 1 N–H and O–H groups in total. The maximum atomic E-state index is 11.8. The van der Waals surface area contributed by atoms with E-state index in [0.717, 1.165) is 41.3 Å². The minimum Gasteiger partial charge on any atom is -0.480 e. The first-order valence-electron chi connectivity index (χ1n) is 8.15. The average Bonchev–Trinajstić information content (AvgIpc) is 3.26. The van der Waals surface area contributed by atoms with Crippen molar-refractivity contribution in [3.8, 4) is 11.5 Å². The highest BCUT2D eigenvalue weighted by atomic mass is 32.1. The smallest absolute Gasteiger partial charge is 0.320 e. The number of ether oxygens (including phenoxy) is 2. The molecule has 2 aliphatic heterocycles. The molecular weight excluding hydrogens is 326 g/mol. The van der Waals surface area contributed by atoms with E-state index in [1.807, 2.05) is 29.6 Å². The lowest BCUT2D eigenvalue weighted by Gasteiger charge is -2.39. The highest BCUT2D eigenvalue weighted by molar-refractivity contribution is 7.10. The summed E-state index contributed by atoms with van der Waals surface area (Å²) >= 11 is 1.66. The van der Waals surface area contributed by atoms with Gasteiger partial charge in [0, 0.05) is 4.88 Å². The molecule has 4 rings (SSSR count). The second kappa shape index (κ2) is 6.45. The van der Waals surface area contributed by atoms with E-state index < -0.39 is 12.0 Å². The lowest BCUT2D eigenvalue weighted by molar-refractivity contribution is -0.145. The Labute approximate surface area is 144 Å². The average molecular weight is 345 g/mol. The third kappa shape index (κ3) is 2.76. The summed E-state index contributed by atoms with van der Waals surface area (Å²) in [6.07, 6.45) is 2.68. The molecule has 2 unspecified atom stereocenters. The van der Waals surface area contributed by atoms with Crippen molar-refractivity contribution in [1.82, 2.24) is 4.90 Å². The summed E-state index contributed by atoms with van der Waals surface area (Å²) < 4.78 is 10.9. The Balaban J connectivity index is 1.76. The third-order valence-corrected chi connectivity index (χ3v) is 5.61. The van der Waals surface area contributed by atoms with Crippen LogP contribution in [0.4, 0.5) is 0 Å². The zero-order valence-corrected chi connectivity index (χ0v) is 14.0. The molecule has 0 amide bonds. The molecular formula is C18H19NO4S. The molecule has 1 aromatic carbocycles. The topological polar surface area (TPSA) is 59.0 Å². The number of hydrogen-bond acceptors (Lipinski definition) is 5. The maximum Gasteiger partial charge on any atom is 0.320 e. The fourth-order valence-electron chi connectivity index (χ4n) is 3.58. The molecule has 0 aliphatic carbocycles. The molecule has 1 saturated heterocycles.